The lowest BCUT2D eigenvalue weighted by Crippen LogP contribution is -2.34. The Morgan fingerprint density at radius 3 is 2.40 bits per heavy atom. The van der Waals surface area contributed by atoms with Gasteiger partial charge >= 0.3 is 5.97 Å². The van der Waals surface area contributed by atoms with E-state index in [1.165, 1.54) is 0 Å². The van der Waals surface area contributed by atoms with E-state index in [0.29, 0.717) is 12.0 Å². The van der Waals surface area contributed by atoms with Gasteiger partial charge in [-0.15, -0.1) is 0 Å². The highest BCUT2D eigenvalue weighted by Gasteiger charge is 2.29. The molecule has 0 amide bonds. The zero-order valence-electron chi connectivity index (χ0n) is 11.8. The van der Waals surface area contributed by atoms with Crippen LogP contribution in [0.4, 0.5) is 0 Å². The number of carbonyl (C=O) groups excluding carboxylic acids is 1. The molecule has 0 aromatic heterocycles. The van der Waals surface area contributed by atoms with E-state index in [0.717, 1.165) is 16.7 Å². The maximum atomic E-state index is 12.2. The van der Waals surface area contributed by atoms with Crippen molar-refractivity contribution in [2.24, 2.45) is 0 Å². The predicted octanol–water partition coefficient (Wildman–Crippen LogP) is 1.89. The topological polar surface area (TPSA) is 69.7 Å². The fraction of sp³-hybridized carbons (Fsp3) is 0.500. The first-order chi connectivity index (χ1) is 9.28. The molecular formula is C14H18O5S. The van der Waals surface area contributed by atoms with Gasteiger partial charge < -0.3 is 4.74 Å². The lowest BCUT2D eigenvalue weighted by molar-refractivity contribution is 0.0268. The third-order valence-electron chi connectivity index (χ3n) is 3.25. The van der Waals surface area contributed by atoms with Crippen LogP contribution in [0.15, 0.2) is 12.1 Å². The van der Waals surface area contributed by atoms with E-state index in [2.05, 4.69) is 4.18 Å². The number of aryl methyl sites for hydroxylation is 3. The molecule has 1 aromatic carbocycles. The SMILES string of the molecule is Cc1cc(C)c(C(=O)OC2CCOS(=O)(=O)C2)c(C)c1. The molecule has 0 saturated carbocycles. The Labute approximate surface area is 119 Å². The van der Waals surface area contributed by atoms with Crippen molar-refractivity contribution in [3.05, 3.63) is 34.4 Å². The molecule has 1 unspecified atom stereocenters. The van der Waals surface area contributed by atoms with Gasteiger partial charge in [0.1, 0.15) is 11.9 Å². The van der Waals surface area contributed by atoms with Gasteiger partial charge in [-0.25, -0.2) is 4.79 Å². The second-order valence-electron chi connectivity index (χ2n) is 5.14. The van der Waals surface area contributed by atoms with E-state index in [9.17, 15) is 13.2 Å². The van der Waals surface area contributed by atoms with E-state index < -0.39 is 22.2 Å². The van der Waals surface area contributed by atoms with Crippen LogP contribution in [0.25, 0.3) is 0 Å². The summed E-state index contributed by atoms with van der Waals surface area (Å²) in [4.78, 5) is 12.2. The first-order valence-corrected chi connectivity index (χ1v) is 8.02. The molecule has 110 valence electrons. The first-order valence-electron chi connectivity index (χ1n) is 6.44. The minimum Gasteiger partial charge on any atom is -0.457 e. The fourth-order valence-corrected chi connectivity index (χ4v) is 3.61. The fourth-order valence-electron chi connectivity index (χ4n) is 2.47. The maximum absolute atomic E-state index is 12.2. The molecule has 1 aliphatic rings. The Bertz CT molecular complexity index is 610. The molecule has 6 heteroatoms. The normalized spacial score (nSPS) is 21.4. The van der Waals surface area contributed by atoms with Crippen molar-refractivity contribution >= 4 is 16.1 Å². The Kier molecular flexibility index (Phi) is 4.15. The molecule has 2 rings (SSSR count). The van der Waals surface area contributed by atoms with Crippen LogP contribution in [0.3, 0.4) is 0 Å². The van der Waals surface area contributed by atoms with Gasteiger partial charge in [0, 0.05) is 6.42 Å². The number of ether oxygens (including phenoxy) is 1. The molecule has 1 aliphatic heterocycles. The molecule has 0 bridgehead atoms. The molecule has 0 N–H and O–H groups in total. The average molecular weight is 298 g/mol. The third-order valence-corrected chi connectivity index (χ3v) is 4.55. The summed E-state index contributed by atoms with van der Waals surface area (Å²) in [5.41, 5.74) is 3.26. The molecule has 0 spiro atoms. The minimum absolute atomic E-state index is 0.0616. The molecule has 0 radical (unpaired) electrons. The van der Waals surface area contributed by atoms with Gasteiger partial charge in [0.15, 0.2) is 0 Å². The third kappa shape index (κ3) is 3.37. The van der Waals surface area contributed by atoms with Gasteiger partial charge in [-0.1, -0.05) is 17.7 Å². The van der Waals surface area contributed by atoms with E-state index >= 15 is 0 Å². The molecule has 1 saturated heterocycles. The Morgan fingerprint density at radius 1 is 1.25 bits per heavy atom. The number of benzene rings is 1. The van der Waals surface area contributed by atoms with Gasteiger partial charge in [-0.3, -0.25) is 4.18 Å². The van der Waals surface area contributed by atoms with E-state index in [1.54, 1.807) is 0 Å². The van der Waals surface area contributed by atoms with Crippen LogP contribution in [0.1, 0.15) is 33.5 Å². The highest BCUT2D eigenvalue weighted by Crippen LogP contribution is 2.20. The van der Waals surface area contributed by atoms with Gasteiger partial charge in [-0.2, -0.15) is 8.42 Å². The second-order valence-corrected chi connectivity index (χ2v) is 6.82. The van der Waals surface area contributed by atoms with Crippen LogP contribution >= 0.6 is 0 Å². The summed E-state index contributed by atoms with van der Waals surface area (Å²) in [6.45, 7) is 5.71. The molecule has 5 nitrogen and oxygen atoms in total. The summed E-state index contributed by atoms with van der Waals surface area (Å²) in [5, 5.41) is 0. The van der Waals surface area contributed by atoms with Crippen molar-refractivity contribution < 1.29 is 22.1 Å². The summed E-state index contributed by atoms with van der Waals surface area (Å²) in [6, 6.07) is 3.81. The number of hydrogen-bond donors (Lipinski definition) is 0. The molecule has 1 heterocycles. The van der Waals surface area contributed by atoms with Crippen LogP contribution < -0.4 is 0 Å². The van der Waals surface area contributed by atoms with Crippen LogP contribution in [-0.4, -0.2) is 32.9 Å². The number of esters is 1. The van der Waals surface area contributed by atoms with Crippen LogP contribution in [-0.2, 0) is 19.0 Å². The van der Waals surface area contributed by atoms with Crippen molar-refractivity contribution in [2.75, 3.05) is 12.4 Å². The summed E-state index contributed by atoms with van der Waals surface area (Å²) >= 11 is 0. The predicted molar refractivity (Wildman–Crippen MR) is 74.2 cm³/mol. The summed E-state index contributed by atoms with van der Waals surface area (Å²) in [6.07, 6.45) is -0.240. The van der Waals surface area contributed by atoms with Crippen molar-refractivity contribution in [3.63, 3.8) is 0 Å². The molecule has 1 aromatic rings. The molecule has 0 aliphatic carbocycles. The summed E-state index contributed by atoms with van der Waals surface area (Å²) in [5.74, 6) is -0.745. The standard InChI is InChI=1S/C14H18O5S/c1-9-6-10(2)13(11(3)7-9)14(15)19-12-4-5-18-20(16,17)8-12/h6-7,12H,4-5,8H2,1-3H3. The average Bonchev–Trinajstić information content (AvgIpc) is 2.25. The maximum Gasteiger partial charge on any atom is 0.338 e. The first kappa shape index (κ1) is 15.0. The van der Waals surface area contributed by atoms with Gasteiger partial charge in [0.2, 0.25) is 0 Å². The molecular weight excluding hydrogens is 280 g/mol. The van der Waals surface area contributed by atoms with E-state index in [1.807, 2.05) is 32.9 Å². The van der Waals surface area contributed by atoms with Crippen LogP contribution in [0, 0.1) is 20.8 Å². The summed E-state index contributed by atoms with van der Waals surface area (Å²) < 4.78 is 32.6. The van der Waals surface area contributed by atoms with E-state index in [-0.39, 0.29) is 12.4 Å². The minimum atomic E-state index is -3.56. The van der Waals surface area contributed by atoms with Crippen molar-refractivity contribution in [3.8, 4) is 0 Å². The smallest absolute Gasteiger partial charge is 0.338 e. The highest BCUT2D eigenvalue weighted by molar-refractivity contribution is 7.86. The Hall–Kier alpha value is -1.40. The Balaban J connectivity index is 2.17. The number of hydrogen-bond acceptors (Lipinski definition) is 5. The second kappa shape index (κ2) is 5.54. The number of carbonyl (C=O) groups is 1. The Morgan fingerprint density at radius 2 is 1.85 bits per heavy atom. The highest BCUT2D eigenvalue weighted by atomic mass is 32.2. The molecule has 20 heavy (non-hydrogen) atoms. The lowest BCUT2D eigenvalue weighted by atomic mass is 10.00. The summed E-state index contributed by atoms with van der Waals surface area (Å²) in [7, 11) is -3.56. The number of rotatable bonds is 2. The van der Waals surface area contributed by atoms with E-state index in [4.69, 9.17) is 4.74 Å². The van der Waals surface area contributed by atoms with Gasteiger partial charge in [0.05, 0.1) is 12.2 Å². The van der Waals surface area contributed by atoms with Crippen LogP contribution in [0.5, 0.6) is 0 Å². The zero-order chi connectivity index (χ0) is 14.9. The van der Waals surface area contributed by atoms with Crippen molar-refractivity contribution in [1.82, 2.24) is 0 Å². The monoisotopic (exact) mass is 298 g/mol. The van der Waals surface area contributed by atoms with Gasteiger partial charge in [0.25, 0.3) is 10.1 Å². The molecule has 1 fully saturated rings. The van der Waals surface area contributed by atoms with Gasteiger partial charge in [-0.05, 0) is 31.9 Å². The largest absolute Gasteiger partial charge is 0.457 e. The quantitative estimate of drug-likeness (QED) is 0.616. The zero-order valence-corrected chi connectivity index (χ0v) is 12.6. The van der Waals surface area contributed by atoms with Crippen molar-refractivity contribution in [1.29, 1.82) is 0 Å². The molecule has 1 atom stereocenters. The lowest BCUT2D eigenvalue weighted by Gasteiger charge is -2.22. The van der Waals surface area contributed by atoms with Crippen molar-refractivity contribution in [2.45, 2.75) is 33.3 Å². The van der Waals surface area contributed by atoms with Crippen LogP contribution in [0.2, 0.25) is 0 Å².